The van der Waals surface area contributed by atoms with Crippen LogP contribution < -0.4 is 16.1 Å². The monoisotopic (exact) mass is 625 g/mol. The Morgan fingerprint density at radius 2 is 1.82 bits per heavy atom. The quantitative estimate of drug-likeness (QED) is 0.191. The Morgan fingerprint density at radius 1 is 1.11 bits per heavy atom. The number of carboxylic acids is 1. The SMILES string of the molecule is O=C(CN1C(=O)CN(CCCNn2cnc3ccccc32)C1=S)NCC(NC(=O)OCC12CC3CC(CC(C3)C1)C2)C(=O)O. The summed E-state index contributed by atoms with van der Waals surface area (Å²) in [5.74, 6) is -0.0469. The first-order chi connectivity index (χ1) is 21.2. The predicted octanol–water partition coefficient (Wildman–Crippen LogP) is 1.91. The second-order valence-electron chi connectivity index (χ2n) is 12.9. The zero-order valence-corrected chi connectivity index (χ0v) is 25.4. The number of ether oxygens (including phenoxy) is 1. The summed E-state index contributed by atoms with van der Waals surface area (Å²) in [4.78, 5) is 56.9. The molecule has 236 valence electrons. The molecule has 1 atom stereocenters. The average molecular weight is 626 g/mol. The van der Waals surface area contributed by atoms with Crippen molar-refractivity contribution in [3.8, 4) is 0 Å². The largest absolute Gasteiger partial charge is 0.480 e. The number of carbonyl (C=O) groups excluding carboxylic acids is 3. The van der Waals surface area contributed by atoms with Gasteiger partial charge in [0.1, 0.15) is 18.9 Å². The molecule has 2 heterocycles. The van der Waals surface area contributed by atoms with E-state index in [9.17, 15) is 24.3 Å². The molecule has 3 amide bonds. The van der Waals surface area contributed by atoms with Crippen molar-refractivity contribution in [2.24, 2.45) is 23.2 Å². The third kappa shape index (κ3) is 6.59. The van der Waals surface area contributed by atoms with Crippen molar-refractivity contribution < 1.29 is 29.0 Å². The summed E-state index contributed by atoms with van der Waals surface area (Å²) in [5.41, 5.74) is 5.15. The molecule has 1 saturated heterocycles. The number of nitrogens with one attached hydrogen (secondary N) is 3. The van der Waals surface area contributed by atoms with Crippen LogP contribution in [0.2, 0.25) is 0 Å². The van der Waals surface area contributed by atoms with Gasteiger partial charge in [0.2, 0.25) is 11.8 Å². The molecule has 4 bridgehead atoms. The van der Waals surface area contributed by atoms with Gasteiger partial charge in [0.05, 0.1) is 24.2 Å². The minimum atomic E-state index is -1.37. The van der Waals surface area contributed by atoms with Crippen LogP contribution in [0.4, 0.5) is 4.79 Å². The van der Waals surface area contributed by atoms with Crippen molar-refractivity contribution >= 4 is 52.2 Å². The summed E-state index contributed by atoms with van der Waals surface area (Å²) in [6, 6.07) is 6.40. The molecular formula is C30H39N7O6S. The van der Waals surface area contributed by atoms with Gasteiger partial charge in [-0.15, -0.1) is 0 Å². The number of carboxylic acid groups (broad SMARTS) is 1. The fourth-order valence-corrected chi connectivity index (χ4v) is 8.29. The predicted molar refractivity (Wildman–Crippen MR) is 164 cm³/mol. The summed E-state index contributed by atoms with van der Waals surface area (Å²) in [7, 11) is 0. The van der Waals surface area contributed by atoms with Gasteiger partial charge in [-0.3, -0.25) is 14.5 Å². The highest BCUT2D eigenvalue weighted by Crippen LogP contribution is 2.60. The van der Waals surface area contributed by atoms with Crippen molar-refractivity contribution in [2.75, 3.05) is 44.8 Å². The van der Waals surface area contributed by atoms with E-state index in [1.165, 1.54) is 24.2 Å². The summed E-state index contributed by atoms with van der Waals surface area (Å²) >= 11 is 5.46. The summed E-state index contributed by atoms with van der Waals surface area (Å²) in [5, 5.41) is 14.8. The normalized spacial score (nSPS) is 26.2. The van der Waals surface area contributed by atoms with Gasteiger partial charge in [-0.25, -0.2) is 19.2 Å². The second-order valence-corrected chi connectivity index (χ2v) is 13.2. The fourth-order valence-electron chi connectivity index (χ4n) is 7.96. The van der Waals surface area contributed by atoms with Gasteiger partial charge < -0.3 is 30.8 Å². The molecule has 13 nitrogen and oxygen atoms in total. The molecule has 2 aromatic rings. The van der Waals surface area contributed by atoms with E-state index in [2.05, 4.69) is 21.0 Å². The lowest BCUT2D eigenvalue weighted by Gasteiger charge is -2.56. The number of alkyl carbamates (subject to hydrolysis) is 1. The van der Waals surface area contributed by atoms with E-state index in [0.29, 0.717) is 43.9 Å². The van der Waals surface area contributed by atoms with Crippen LogP contribution in [0.3, 0.4) is 0 Å². The Labute approximate surface area is 260 Å². The van der Waals surface area contributed by atoms with Gasteiger partial charge >= 0.3 is 12.1 Å². The molecule has 1 unspecified atom stereocenters. The molecule has 7 rings (SSSR count). The Kier molecular flexibility index (Phi) is 8.61. The summed E-state index contributed by atoms with van der Waals surface area (Å²) in [6.45, 7) is 0.795. The number of thiocarbonyl (C=S) groups is 1. The molecule has 4 saturated carbocycles. The maximum atomic E-state index is 12.7. The molecule has 1 aromatic carbocycles. The Hall–Kier alpha value is -3.94. The van der Waals surface area contributed by atoms with Crippen molar-refractivity contribution in [2.45, 2.75) is 51.0 Å². The van der Waals surface area contributed by atoms with Crippen molar-refractivity contribution in [1.29, 1.82) is 0 Å². The van der Waals surface area contributed by atoms with Crippen molar-refractivity contribution in [3.63, 3.8) is 0 Å². The van der Waals surface area contributed by atoms with Gasteiger partial charge in [-0.1, -0.05) is 12.1 Å². The number of hydrogen-bond donors (Lipinski definition) is 4. The molecule has 5 fully saturated rings. The highest BCUT2D eigenvalue weighted by molar-refractivity contribution is 7.80. The standard InChI is InChI=1S/C30H39N7O6S/c38-25(15-36-26(39)16-35(29(36)44)7-3-6-33-37-18-32-22-4-1-2-5-24(22)37)31-14-23(27(40)41)34-28(42)43-17-30-11-19-8-20(12-30)10-21(9-19)13-30/h1-2,4-5,18-21,23,33H,3,6-17H2,(H,31,38)(H,34,42)(H,40,41). The van der Waals surface area contributed by atoms with Crippen LogP contribution in [-0.2, 0) is 19.1 Å². The number of carbonyl (C=O) groups is 4. The maximum Gasteiger partial charge on any atom is 0.407 e. The topological polar surface area (TPSA) is 158 Å². The number of aliphatic carboxylic acids is 1. The molecule has 0 radical (unpaired) electrons. The van der Waals surface area contributed by atoms with Crippen molar-refractivity contribution in [3.05, 3.63) is 30.6 Å². The Morgan fingerprint density at radius 3 is 2.52 bits per heavy atom. The minimum absolute atomic E-state index is 0.0129. The van der Waals surface area contributed by atoms with Crippen LogP contribution in [-0.4, -0.2) is 98.9 Å². The number of benzene rings is 1. The van der Waals surface area contributed by atoms with Crippen LogP contribution in [0.15, 0.2) is 30.6 Å². The second kappa shape index (κ2) is 12.6. The lowest BCUT2D eigenvalue weighted by Crippen LogP contribution is -2.52. The zero-order chi connectivity index (χ0) is 30.8. The molecule has 0 spiro atoms. The van der Waals surface area contributed by atoms with Crippen LogP contribution in [0.1, 0.15) is 44.9 Å². The lowest BCUT2D eigenvalue weighted by molar-refractivity contribution is -0.139. The highest BCUT2D eigenvalue weighted by atomic mass is 32.1. The first-order valence-electron chi connectivity index (χ1n) is 15.4. The van der Waals surface area contributed by atoms with E-state index < -0.39 is 24.0 Å². The van der Waals surface area contributed by atoms with E-state index in [4.69, 9.17) is 17.0 Å². The number of nitrogens with zero attached hydrogens (tertiary/aromatic N) is 4. The van der Waals surface area contributed by atoms with E-state index >= 15 is 0 Å². The number of hydrogen-bond acceptors (Lipinski definition) is 8. The van der Waals surface area contributed by atoms with Gasteiger partial charge in [-0.2, -0.15) is 0 Å². The van der Waals surface area contributed by atoms with Gasteiger partial charge in [0, 0.05) is 25.0 Å². The third-order valence-electron chi connectivity index (χ3n) is 9.54. The van der Waals surface area contributed by atoms with Gasteiger partial charge in [0.15, 0.2) is 5.11 Å². The summed E-state index contributed by atoms with van der Waals surface area (Å²) in [6.07, 6.45) is 8.64. The van der Waals surface area contributed by atoms with Crippen LogP contribution in [0.5, 0.6) is 0 Å². The average Bonchev–Trinajstić information content (AvgIpc) is 3.51. The molecule has 44 heavy (non-hydrogen) atoms. The number of para-hydroxylation sites is 2. The number of imidazole rings is 1. The summed E-state index contributed by atoms with van der Waals surface area (Å²) < 4.78 is 7.38. The van der Waals surface area contributed by atoms with E-state index in [0.717, 1.165) is 30.3 Å². The molecular weight excluding hydrogens is 586 g/mol. The maximum absolute atomic E-state index is 12.7. The Bertz CT molecular complexity index is 1410. The van der Waals surface area contributed by atoms with Gasteiger partial charge in [0.25, 0.3) is 0 Å². The van der Waals surface area contributed by atoms with E-state index in [1.54, 1.807) is 11.2 Å². The van der Waals surface area contributed by atoms with Crippen LogP contribution >= 0.6 is 12.2 Å². The number of amides is 3. The lowest BCUT2D eigenvalue weighted by atomic mass is 9.50. The fraction of sp³-hybridized carbons (Fsp3) is 0.600. The first-order valence-corrected chi connectivity index (χ1v) is 15.8. The van der Waals surface area contributed by atoms with E-state index in [-0.39, 0.29) is 36.1 Å². The first kappa shape index (κ1) is 30.1. The number of fused-ring (bicyclic) bond motifs is 1. The number of aromatic nitrogens is 2. The van der Waals surface area contributed by atoms with Crippen LogP contribution in [0.25, 0.3) is 11.0 Å². The Balaban J connectivity index is 0.912. The zero-order valence-electron chi connectivity index (χ0n) is 24.6. The van der Waals surface area contributed by atoms with Crippen molar-refractivity contribution in [1.82, 2.24) is 30.1 Å². The molecule has 5 aliphatic rings. The van der Waals surface area contributed by atoms with Crippen LogP contribution in [0, 0.1) is 23.2 Å². The molecule has 4 N–H and O–H groups in total. The van der Waals surface area contributed by atoms with E-state index in [1.807, 2.05) is 28.9 Å². The molecule has 14 heteroatoms. The molecule has 1 aliphatic heterocycles. The smallest absolute Gasteiger partial charge is 0.407 e. The highest BCUT2D eigenvalue weighted by Gasteiger charge is 2.51. The molecule has 1 aromatic heterocycles. The molecule has 4 aliphatic carbocycles. The minimum Gasteiger partial charge on any atom is -0.480 e. The number of rotatable bonds is 13. The third-order valence-corrected chi connectivity index (χ3v) is 10.0. The van der Waals surface area contributed by atoms with Gasteiger partial charge in [-0.05, 0) is 87.1 Å².